The maximum Gasteiger partial charge on any atom is 0.161 e. The van der Waals surface area contributed by atoms with Crippen LogP contribution in [0.4, 0.5) is 14.6 Å². The molecular weight excluding hydrogens is 340 g/mol. The molecule has 0 spiro atoms. The lowest BCUT2D eigenvalue weighted by molar-refractivity contribution is 0.356. The van der Waals surface area contributed by atoms with Crippen LogP contribution in [0.1, 0.15) is 5.56 Å². The standard InChI is InChI=1S/C19H17F2N3O2/c1-25-16-7-10-6-14-18(13(10)8-17(16)26-2)23-24-19(14)22-9-11-5-12(20)3-4-15(11)21/h3-8,22-24H,9H2,1-2H3. The van der Waals surface area contributed by atoms with E-state index in [4.69, 9.17) is 9.47 Å². The van der Waals surface area contributed by atoms with Crippen molar-refractivity contribution in [2.24, 2.45) is 0 Å². The quantitative estimate of drug-likeness (QED) is 0.492. The third kappa shape index (κ3) is 2.61. The summed E-state index contributed by atoms with van der Waals surface area (Å²) in [5, 5.41) is 11.2. The molecule has 0 unspecified atom stereocenters. The van der Waals surface area contributed by atoms with Gasteiger partial charge in [0.15, 0.2) is 11.5 Å². The lowest BCUT2D eigenvalue weighted by Crippen LogP contribution is -2.03. The van der Waals surface area contributed by atoms with E-state index < -0.39 is 11.6 Å². The predicted molar refractivity (Wildman–Crippen MR) is 96.1 cm³/mol. The van der Waals surface area contributed by atoms with E-state index in [9.17, 15) is 8.78 Å². The number of H-pyrrole nitrogens is 2. The van der Waals surface area contributed by atoms with Crippen molar-refractivity contribution in [3.05, 3.63) is 53.6 Å². The second-order valence-electron chi connectivity index (χ2n) is 5.94. The summed E-state index contributed by atoms with van der Waals surface area (Å²) in [6.07, 6.45) is 0. The van der Waals surface area contributed by atoms with Crippen LogP contribution in [0.2, 0.25) is 0 Å². The number of ether oxygens (including phenoxy) is 2. The fraction of sp³-hybridized carbons (Fsp3) is 0.158. The van der Waals surface area contributed by atoms with E-state index in [1.165, 1.54) is 6.07 Å². The third-order valence-electron chi connectivity index (χ3n) is 4.44. The van der Waals surface area contributed by atoms with Crippen molar-refractivity contribution in [1.82, 2.24) is 10.2 Å². The third-order valence-corrected chi connectivity index (χ3v) is 4.44. The summed E-state index contributed by atoms with van der Waals surface area (Å²) in [4.78, 5) is 0. The van der Waals surface area contributed by atoms with Crippen molar-refractivity contribution in [3.8, 4) is 22.8 Å². The Hall–Kier alpha value is -3.22. The van der Waals surface area contributed by atoms with Gasteiger partial charge in [-0.2, -0.15) is 0 Å². The first kappa shape index (κ1) is 16.3. The number of benzene rings is 2. The maximum absolute atomic E-state index is 13.8. The zero-order valence-electron chi connectivity index (χ0n) is 14.2. The minimum Gasteiger partial charge on any atom is -0.493 e. The van der Waals surface area contributed by atoms with E-state index >= 15 is 0 Å². The van der Waals surface area contributed by atoms with Crippen molar-refractivity contribution in [2.75, 3.05) is 19.5 Å². The van der Waals surface area contributed by atoms with Crippen molar-refractivity contribution in [3.63, 3.8) is 0 Å². The number of rotatable bonds is 5. The molecule has 0 atom stereocenters. The number of methoxy groups -OCH3 is 2. The summed E-state index contributed by atoms with van der Waals surface area (Å²) in [6, 6.07) is 9.20. The van der Waals surface area contributed by atoms with Crippen LogP contribution in [0.3, 0.4) is 0 Å². The molecule has 3 N–H and O–H groups in total. The van der Waals surface area contributed by atoms with Crippen LogP contribution in [-0.4, -0.2) is 24.4 Å². The van der Waals surface area contributed by atoms with Crippen LogP contribution in [0.25, 0.3) is 22.0 Å². The first-order chi connectivity index (χ1) is 12.6. The topological polar surface area (TPSA) is 62.1 Å². The summed E-state index contributed by atoms with van der Waals surface area (Å²) < 4.78 is 37.8. The van der Waals surface area contributed by atoms with Gasteiger partial charge in [-0.15, -0.1) is 0 Å². The highest BCUT2D eigenvalue weighted by Crippen LogP contribution is 2.42. The molecule has 26 heavy (non-hydrogen) atoms. The summed E-state index contributed by atoms with van der Waals surface area (Å²) in [7, 11) is 3.18. The van der Waals surface area contributed by atoms with Crippen LogP contribution in [0.5, 0.6) is 11.5 Å². The van der Waals surface area contributed by atoms with Gasteiger partial charge in [-0.3, -0.25) is 10.2 Å². The van der Waals surface area contributed by atoms with Gasteiger partial charge < -0.3 is 14.8 Å². The van der Waals surface area contributed by atoms with Crippen molar-refractivity contribution < 1.29 is 18.3 Å². The van der Waals surface area contributed by atoms with E-state index in [0.717, 1.165) is 34.2 Å². The van der Waals surface area contributed by atoms with Gasteiger partial charge in [-0.05, 0) is 41.8 Å². The highest BCUT2D eigenvalue weighted by atomic mass is 19.1. The molecule has 134 valence electrons. The van der Waals surface area contributed by atoms with E-state index in [1.54, 1.807) is 14.2 Å². The Labute approximate surface area is 148 Å². The molecule has 4 rings (SSSR count). The Bertz CT molecular complexity index is 1050. The molecule has 5 nitrogen and oxygen atoms in total. The minimum absolute atomic E-state index is 0.154. The molecule has 0 saturated carbocycles. The first-order valence-corrected chi connectivity index (χ1v) is 8.03. The summed E-state index contributed by atoms with van der Waals surface area (Å²) in [5.41, 5.74) is 2.06. The Kier molecular flexibility index (Phi) is 3.91. The molecule has 0 bridgehead atoms. The second-order valence-corrected chi connectivity index (χ2v) is 5.94. The lowest BCUT2D eigenvalue weighted by Gasteiger charge is -2.07. The van der Waals surface area contributed by atoms with Gasteiger partial charge in [0.05, 0.1) is 19.9 Å². The Morgan fingerprint density at radius 2 is 1.73 bits per heavy atom. The molecule has 2 aromatic carbocycles. The van der Waals surface area contributed by atoms with Gasteiger partial charge in [0.25, 0.3) is 0 Å². The minimum atomic E-state index is -0.468. The van der Waals surface area contributed by atoms with E-state index in [-0.39, 0.29) is 12.1 Å². The molecule has 7 heteroatoms. The first-order valence-electron chi connectivity index (χ1n) is 8.03. The molecule has 0 saturated heterocycles. The van der Waals surface area contributed by atoms with Gasteiger partial charge in [0.1, 0.15) is 17.5 Å². The zero-order chi connectivity index (χ0) is 18.3. The van der Waals surface area contributed by atoms with Crippen LogP contribution in [0, 0.1) is 11.6 Å². The number of aromatic nitrogens is 2. The molecule has 1 aliphatic carbocycles. The highest BCUT2D eigenvalue weighted by Gasteiger charge is 2.19. The predicted octanol–water partition coefficient (Wildman–Crippen LogP) is 4.51. The molecule has 2 aliphatic rings. The van der Waals surface area contributed by atoms with Crippen LogP contribution in [-0.2, 0) is 6.54 Å². The molecule has 1 aliphatic heterocycles. The van der Waals surface area contributed by atoms with Gasteiger partial charge in [0, 0.05) is 23.1 Å². The lowest BCUT2D eigenvalue weighted by atomic mass is 10.2. The van der Waals surface area contributed by atoms with Crippen molar-refractivity contribution in [1.29, 1.82) is 0 Å². The Morgan fingerprint density at radius 3 is 2.50 bits per heavy atom. The largest absolute Gasteiger partial charge is 0.493 e. The van der Waals surface area contributed by atoms with Crippen molar-refractivity contribution >= 4 is 16.6 Å². The van der Waals surface area contributed by atoms with Crippen LogP contribution in [0.15, 0.2) is 36.4 Å². The monoisotopic (exact) mass is 357 g/mol. The molecule has 0 fully saturated rings. The molecule has 1 heterocycles. The number of halogens is 2. The number of aromatic amines is 2. The second kappa shape index (κ2) is 6.25. The van der Waals surface area contributed by atoms with Crippen molar-refractivity contribution in [2.45, 2.75) is 6.54 Å². The maximum atomic E-state index is 13.8. The van der Waals surface area contributed by atoms with E-state index in [2.05, 4.69) is 15.5 Å². The number of hydrogen-bond acceptors (Lipinski definition) is 3. The zero-order valence-corrected chi connectivity index (χ0v) is 14.2. The summed E-state index contributed by atoms with van der Waals surface area (Å²) >= 11 is 0. The average Bonchev–Trinajstić information content (AvgIpc) is 3.20. The Balaban J connectivity index is 1.68. The number of nitrogens with one attached hydrogen (secondary N) is 3. The van der Waals surface area contributed by atoms with Gasteiger partial charge in [-0.25, -0.2) is 8.78 Å². The van der Waals surface area contributed by atoms with E-state index in [0.29, 0.717) is 17.3 Å². The smallest absolute Gasteiger partial charge is 0.161 e. The summed E-state index contributed by atoms with van der Waals surface area (Å²) in [6.45, 7) is 0.154. The number of anilines is 1. The number of hydrogen-bond donors (Lipinski definition) is 3. The highest BCUT2D eigenvalue weighted by molar-refractivity contribution is 6.05. The Morgan fingerprint density at radius 1 is 0.962 bits per heavy atom. The van der Waals surface area contributed by atoms with Crippen LogP contribution < -0.4 is 14.8 Å². The fourth-order valence-corrected chi connectivity index (χ4v) is 3.13. The van der Waals surface area contributed by atoms with E-state index in [1.807, 2.05) is 18.2 Å². The van der Waals surface area contributed by atoms with Crippen LogP contribution >= 0.6 is 0 Å². The van der Waals surface area contributed by atoms with Gasteiger partial charge in [0.2, 0.25) is 0 Å². The number of fused-ring (bicyclic) bond motifs is 3. The fourth-order valence-electron chi connectivity index (χ4n) is 3.13. The SMILES string of the molecule is COc1cc2cc3c(NCc4cc(F)ccc4F)[nH][nH]c-3c2cc1OC. The molecule has 2 aromatic rings. The molecule has 0 amide bonds. The average molecular weight is 357 g/mol. The molecule has 0 radical (unpaired) electrons. The normalized spacial score (nSPS) is 11.2. The van der Waals surface area contributed by atoms with Gasteiger partial charge >= 0.3 is 0 Å². The molecule has 0 aromatic heterocycles. The summed E-state index contributed by atoms with van der Waals surface area (Å²) in [5.74, 6) is 1.06. The van der Waals surface area contributed by atoms with Gasteiger partial charge in [-0.1, -0.05) is 0 Å². The molecular formula is C19H17F2N3O2.